The Morgan fingerprint density at radius 1 is 1.36 bits per heavy atom. The second kappa shape index (κ2) is 9.53. The predicted octanol–water partition coefficient (Wildman–Crippen LogP) is 2.79. The lowest BCUT2D eigenvalue weighted by Gasteiger charge is -2.13. The Morgan fingerprint density at radius 2 is 2.00 bits per heavy atom. The van der Waals surface area contributed by atoms with Gasteiger partial charge in [0, 0.05) is 19.0 Å². The number of benzene rings is 1. The van der Waals surface area contributed by atoms with E-state index in [1.165, 1.54) is 18.2 Å². The normalized spacial score (nSPS) is 12.2. The highest BCUT2D eigenvalue weighted by molar-refractivity contribution is 5.85. The van der Waals surface area contributed by atoms with Gasteiger partial charge in [-0.05, 0) is 31.4 Å². The van der Waals surface area contributed by atoms with Crippen molar-refractivity contribution in [2.24, 2.45) is 5.73 Å². The molecule has 8 heteroatoms. The number of carbonyl (C=O) groups is 1. The molecule has 0 aromatic heterocycles. The van der Waals surface area contributed by atoms with E-state index in [-0.39, 0.29) is 42.9 Å². The molecule has 1 aromatic carbocycles. The summed E-state index contributed by atoms with van der Waals surface area (Å²) in [5.74, 6) is -0.495. The van der Waals surface area contributed by atoms with E-state index in [9.17, 15) is 18.0 Å². The monoisotopic (exact) mass is 340 g/mol. The second-order valence-corrected chi connectivity index (χ2v) is 4.77. The summed E-state index contributed by atoms with van der Waals surface area (Å²) < 4.78 is 40.7. The maximum Gasteiger partial charge on any atom is 0.573 e. The van der Waals surface area contributed by atoms with Crippen LogP contribution in [-0.2, 0) is 11.2 Å². The number of carbonyl (C=O) groups excluding carboxylic acids is 1. The lowest BCUT2D eigenvalue weighted by Crippen LogP contribution is -2.29. The minimum absolute atomic E-state index is 0. The van der Waals surface area contributed by atoms with Crippen LogP contribution in [0.2, 0.25) is 0 Å². The molecule has 4 nitrogen and oxygen atoms in total. The zero-order valence-electron chi connectivity index (χ0n) is 12.2. The van der Waals surface area contributed by atoms with Crippen molar-refractivity contribution in [1.29, 1.82) is 0 Å². The highest BCUT2D eigenvalue weighted by atomic mass is 35.5. The Morgan fingerprint density at radius 3 is 2.59 bits per heavy atom. The zero-order valence-corrected chi connectivity index (χ0v) is 13.0. The Labute approximate surface area is 133 Å². The van der Waals surface area contributed by atoms with E-state index >= 15 is 0 Å². The minimum Gasteiger partial charge on any atom is -0.406 e. The molecule has 1 aromatic rings. The van der Waals surface area contributed by atoms with Crippen LogP contribution in [0.3, 0.4) is 0 Å². The lowest BCUT2D eigenvalue weighted by molar-refractivity contribution is -0.274. The third kappa shape index (κ3) is 8.74. The van der Waals surface area contributed by atoms with Gasteiger partial charge in [-0.15, -0.1) is 25.6 Å². The van der Waals surface area contributed by atoms with Gasteiger partial charge in [-0.1, -0.05) is 18.2 Å². The van der Waals surface area contributed by atoms with Crippen LogP contribution in [0.1, 0.15) is 25.3 Å². The lowest BCUT2D eigenvalue weighted by atomic mass is 10.1. The van der Waals surface area contributed by atoms with E-state index in [0.29, 0.717) is 18.5 Å². The SMILES string of the molecule is CC(N)CCNC(=O)CCc1ccccc1OC(F)(F)F.Cl. The highest BCUT2D eigenvalue weighted by Gasteiger charge is 2.31. The molecule has 22 heavy (non-hydrogen) atoms. The Hall–Kier alpha value is -1.47. The number of halogens is 4. The Kier molecular flexibility index (Phi) is 8.89. The first-order valence-electron chi connectivity index (χ1n) is 6.64. The van der Waals surface area contributed by atoms with E-state index in [2.05, 4.69) is 10.1 Å². The first-order chi connectivity index (χ1) is 9.78. The number of rotatable bonds is 7. The molecule has 0 aliphatic rings. The van der Waals surface area contributed by atoms with Crippen LogP contribution in [-0.4, -0.2) is 24.9 Å². The number of alkyl halides is 3. The average molecular weight is 341 g/mol. The van der Waals surface area contributed by atoms with E-state index in [0.717, 1.165) is 0 Å². The van der Waals surface area contributed by atoms with E-state index < -0.39 is 6.36 Å². The van der Waals surface area contributed by atoms with Gasteiger partial charge >= 0.3 is 6.36 Å². The fourth-order valence-electron chi connectivity index (χ4n) is 1.71. The summed E-state index contributed by atoms with van der Waals surface area (Å²) in [5.41, 5.74) is 5.89. The number of nitrogens with two attached hydrogens (primary N) is 1. The summed E-state index contributed by atoms with van der Waals surface area (Å²) in [5, 5.41) is 2.67. The van der Waals surface area contributed by atoms with Gasteiger partial charge in [0.05, 0.1) is 0 Å². The van der Waals surface area contributed by atoms with Crippen molar-refractivity contribution >= 4 is 18.3 Å². The molecular formula is C14H20ClF3N2O2. The number of ether oxygens (including phenoxy) is 1. The maximum absolute atomic E-state index is 12.2. The van der Waals surface area contributed by atoms with Crippen LogP contribution < -0.4 is 15.8 Å². The molecule has 126 valence electrons. The molecule has 1 unspecified atom stereocenters. The van der Waals surface area contributed by atoms with Gasteiger partial charge in [-0.2, -0.15) is 0 Å². The van der Waals surface area contributed by atoms with E-state index in [4.69, 9.17) is 5.73 Å². The second-order valence-electron chi connectivity index (χ2n) is 4.77. The van der Waals surface area contributed by atoms with Crippen molar-refractivity contribution in [3.63, 3.8) is 0 Å². The molecule has 0 spiro atoms. The molecule has 0 heterocycles. The van der Waals surface area contributed by atoms with Crippen LogP contribution in [0.5, 0.6) is 5.75 Å². The Bertz CT molecular complexity index is 468. The van der Waals surface area contributed by atoms with Crippen LogP contribution in [0, 0.1) is 0 Å². The first kappa shape index (κ1) is 20.5. The van der Waals surface area contributed by atoms with Gasteiger partial charge in [-0.25, -0.2) is 0 Å². The maximum atomic E-state index is 12.2. The minimum atomic E-state index is -4.74. The highest BCUT2D eigenvalue weighted by Crippen LogP contribution is 2.26. The fourth-order valence-corrected chi connectivity index (χ4v) is 1.71. The molecule has 0 bridgehead atoms. The molecule has 1 amide bonds. The van der Waals surface area contributed by atoms with Crippen molar-refractivity contribution in [2.45, 2.75) is 38.6 Å². The third-order valence-electron chi connectivity index (χ3n) is 2.74. The quantitative estimate of drug-likeness (QED) is 0.802. The van der Waals surface area contributed by atoms with E-state index in [1.807, 2.05) is 6.92 Å². The largest absolute Gasteiger partial charge is 0.573 e. The molecule has 3 N–H and O–H groups in total. The van der Waals surface area contributed by atoms with Gasteiger partial charge in [0.1, 0.15) is 5.75 Å². The number of para-hydroxylation sites is 1. The van der Waals surface area contributed by atoms with Crippen molar-refractivity contribution in [1.82, 2.24) is 5.32 Å². The summed E-state index contributed by atoms with van der Waals surface area (Å²) >= 11 is 0. The van der Waals surface area contributed by atoms with Crippen LogP contribution in [0.15, 0.2) is 24.3 Å². The van der Waals surface area contributed by atoms with Gasteiger partial charge in [0.15, 0.2) is 0 Å². The van der Waals surface area contributed by atoms with Crippen LogP contribution in [0.4, 0.5) is 13.2 Å². The molecule has 0 saturated carbocycles. The first-order valence-corrected chi connectivity index (χ1v) is 6.64. The number of hydrogen-bond donors (Lipinski definition) is 2. The molecule has 1 atom stereocenters. The molecule has 0 fully saturated rings. The summed E-state index contributed by atoms with van der Waals surface area (Å²) in [4.78, 5) is 11.6. The predicted molar refractivity (Wildman–Crippen MR) is 80.0 cm³/mol. The molecule has 0 radical (unpaired) electrons. The zero-order chi connectivity index (χ0) is 15.9. The van der Waals surface area contributed by atoms with Crippen molar-refractivity contribution in [3.05, 3.63) is 29.8 Å². The molecule has 0 aliphatic carbocycles. The van der Waals surface area contributed by atoms with Crippen molar-refractivity contribution in [3.8, 4) is 5.75 Å². The number of aryl methyl sites for hydroxylation is 1. The Balaban J connectivity index is 0.00000441. The third-order valence-corrected chi connectivity index (χ3v) is 2.74. The van der Waals surface area contributed by atoms with Gasteiger partial charge in [-0.3, -0.25) is 4.79 Å². The number of hydrogen-bond acceptors (Lipinski definition) is 3. The fraction of sp³-hybridized carbons (Fsp3) is 0.500. The van der Waals surface area contributed by atoms with Crippen LogP contribution >= 0.6 is 12.4 Å². The average Bonchev–Trinajstić information content (AvgIpc) is 2.35. The van der Waals surface area contributed by atoms with Gasteiger partial charge in [0.25, 0.3) is 0 Å². The van der Waals surface area contributed by atoms with Gasteiger partial charge < -0.3 is 15.8 Å². The molecular weight excluding hydrogens is 321 g/mol. The smallest absolute Gasteiger partial charge is 0.406 e. The topological polar surface area (TPSA) is 64.3 Å². The van der Waals surface area contributed by atoms with Crippen molar-refractivity contribution in [2.75, 3.05) is 6.54 Å². The summed E-state index contributed by atoms with van der Waals surface area (Å²) in [6.07, 6.45) is -3.82. The van der Waals surface area contributed by atoms with Gasteiger partial charge in [0.2, 0.25) is 5.91 Å². The summed E-state index contributed by atoms with van der Waals surface area (Å²) in [6, 6.07) is 5.79. The van der Waals surface area contributed by atoms with Crippen LogP contribution in [0.25, 0.3) is 0 Å². The summed E-state index contributed by atoms with van der Waals surface area (Å²) in [6.45, 7) is 2.29. The molecule has 1 rings (SSSR count). The standard InChI is InChI=1S/C14H19F3N2O2.ClH/c1-10(18)8-9-19-13(20)7-6-11-4-2-3-5-12(11)21-14(15,16)17;/h2-5,10H,6-9,18H2,1H3,(H,19,20);1H. The van der Waals surface area contributed by atoms with E-state index in [1.54, 1.807) is 6.07 Å². The number of nitrogens with one attached hydrogen (secondary N) is 1. The molecule has 0 saturated heterocycles. The van der Waals surface area contributed by atoms with Crippen molar-refractivity contribution < 1.29 is 22.7 Å². The summed E-state index contributed by atoms with van der Waals surface area (Å²) in [7, 11) is 0. The number of amides is 1. The molecule has 0 aliphatic heterocycles.